The minimum Gasteiger partial charge on any atom is -0.380 e. The molecule has 0 aliphatic carbocycles. The highest BCUT2D eigenvalue weighted by molar-refractivity contribution is 5.27. The summed E-state index contributed by atoms with van der Waals surface area (Å²) in [7, 11) is 0. The molecule has 0 spiro atoms. The highest BCUT2D eigenvalue weighted by Gasteiger charge is 2.34. The molecule has 2 nitrogen and oxygen atoms in total. The Morgan fingerprint density at radius 3 is 2.62 bits per heavy atom. The van der Waals surface area contributed by atoms with Crippen LogP contribution in [0.4, 0.5) is 0 Å². The van der Waals surface area contributed by atoms with E-state index in [0.29, 0.717) is 6.54 Å². The molecule has 1 atom stereocenters. The number of rotatable bonds is 2. The van der Waals surface area contributed by atoms with Gasteiger partial charge in [-0.2, -0.15) is 0 Å². The first kappa shape index (κ1) is 8.73. The van der Waals surface area contributed by atoms with Gasteiger partial charge in [0.1, 0.15) is 0 Å². The lowest BCUT2D eigenvalue weighted by Gasteiger charge is -2.25. The maximum atomic E-state index is 5.82. The van der Waals surface area contributed by atoms with Crippen LogP contribution in [-0.4, -0.2) is 19.8 Å². The molecule has 1 aliphatic rings. The van der Waals surface area contributed by atoms with Crippen LogP contribution in [0, 0.1) is 0 Å². The van der Waals surface area contributed by atoms with E-state index in [1.54, 1.807) is 0 Å². The van der Waals surface area contributed by atoms with Gasteiger partial charge in [0.25, 0.3) is 0 Å². The minimum atomic E-state index is 0.0846. The van der Waals surface area contributed by atoms with E-state index in [0.717, 1.165) is 19.6 Å². The maximum Gasteiger partial charge on any atom is 0.0575 e. The van der Waals surface area contributed by atoms with Crippen LogP contribution >= 0.6 is 0 Å². The van der Waals surface area contributed by atoms with Crippen molar-refractivity contribution in [1.29, 1.82) is 0 Å². The molecule has 2 N–H and O–H groups in total. The molecule has 1 unspecified atom stereocenters. The first-order valence-corrected chi connectivity index (χ1v) is 4.71. The van der Waals surface area contributed by atoms with E-state index in [2.05, 4.69) is 24.3 Å². The fourth-order valence-electron chi connectivity index (χ4n) is 1.91. The Hall–Kier alpha value is -0.860. The van der Waals surface area contributed by atoms with Crippen LogP contribution in [0.2, 0.25) is 0 Å². The topological polar surface area (TPSA) is 35.2 Å². The summed E-state index contributed by atoms with van der Waals surface area (Å²) >= 11 is 0. The molecule has 0 bridgehead atoms. The average molecular weight is 177 g/mol. The molecule has 1 heterocycles. The summed E-state index contributed by atoms with van der Waals surface area (Å²) in [5.41, 5.74) is 7.22. The lowest BCUT2D eigenvalue weighted by Crippen LogP contribution is -2.35. The van der Waals surface area contributed by atoms with Gasteiger partial charge >= 0.3 is 0 Å². The van der Waals surface area contributed by atoms with Crippen LogP contribution in [-0.2, 0) is 10.2 Å². The van der Waals surface area contributed by atoms with Crippen molar-refractivity contribution >= 4 is 0 Å². The quantitative estimate of drug-likeness (QED) is 0.739. The van der Waals surface area contributed by atoms with Crippen LogP contribution in [0.1, 0.15) is 12.0 Å². The van der Waals surface area contributed by atoms with Gasteiger partial charge in [0.2, 0.25) is 0 Å². The van der Waals surface area contributed by atoms with Crippen molar-refractivity contribution in [2.75, 3.05) is 19.8 Å². The molecule has 0 amide bonds. The van der Waals surface area contributed by atoms with E-state index in [4.69, 9.17) is 10.5 Å². The number of ether oxygens (including phenoxy) is 1. The van der Waals surface area contributed by atoms with Crippen LogP contribution < -0.4 is 5.73 Å². The summed E-state index contributed by atoms with van der Waals surface area (Å²) in [5.74, 6) is 0. The maximum absolute atomic E-state index is 5.82. The second-order valence-electron chi connectivity index (χ2n) is 3.65. The molecule has 0 radical (unpaired) electrons. The molecular formula is C11H15NO. The van der Waals surface area contributed by atoms with E-state index >= 15 is 0 Å². The highest BCUT2D eigenvalue weighted by Crippen LogP contribution is 2.31. The van der Waals surface area contributed by atoms with E-state index in [-0.39, 0.29) is 5.41 Å². The third-order valence-electron chi connectivity index (χ3n) is 2.88. The molecule has 70 valence electrons. The van der Waals surface area contributed by atoms with Gasteiger partial charge in [-0.3, -0.25) is 0 Å². The zero-order valence-corrected chi connectivity index (χ0v) is 7.70. The summed E-state index contributed by atoms with van der Waals surface area (Å²) in [5, 5.41) is 0. The van der Waals surface area contributed by atoms with Crippen LogP contribution in [0.5, 0.6) is 0 Å². The second kappa shape index (κ2) is 3.48. The predicted octanol–water partition coefficient (Wildman–Crippen LogP) is 1.30. The summed E-state index contributed by atoms with van der Waals surface area (Å²) in [6.07, 6.45) is 1.05. The monoisotopic (exact) mass is 177 g/mol. The smallest absolute Gasteiger partial charge is 0.0575 e. The Balaban J connectivity index is 2.31. The Kier molecular flexibility index (Phi) is 2.34. The number of hydrogen-bond acceptors (Lipinski definition) is 2. The minimum absolute atomic E-state index is 0.0846. The SMILES string of the molecule is NCC1(c2ccccc2)CCOC1. The fraction of sp³-hybridized carbons (Fsp3) is 0.455. The molecule has 2 rings (SSSR count). The molecule has 1 aliphatic heterocycles. The van der Waals surface area contributed by atoms with Gasteiger partial charge in [0, 0.05) is 18.6 Å². The van der Waals surface area contributed by atoms with Crippen molar-refractivity contribution in [3.8, 4) is 0 Å². The molecule has 0 aromatic heterocycles. The summed E-state index contributed by atoms with van der Waals surface area (Å²) < 4.78 is 5.43. The van der Waals surface area contributed by atoms with E-state index in [9.17, 15) is 0 Å². The molecule has 1 aromatic rings. The predicted molar refractivity (Wildman–Crippen MR) is 52.6 cm³/mol. The molecule has 2 heteroatoms. The summed E-state index contributed by atoms with van der Waals surface area (Å²) in [6.45, 7) is 2.29. The fourth-order valence-corrected chi connectivity index (χ4v) is 1.91. The van der Waals surface area contributed by atoms with Crippen LogP contribution in [0.15, 0.2) is 30.3 Å². The van der Waals surface area contributed by atoms with Crippen molar-refractivity contribution in [1.82, 2.24) is 0 Å². The van der Waals surface area contributed by atoms with Crippen molar-refractivity contribution < 1.29 is 4.74 Å². The molecule has 0 saturated carbocycles. The molecule has 13 heavy (non-hydrogen) atoms. The first-order chi connectivity index (χ1) is 6.37. The van der Waals surface area contributed by atoms with Crippen LogP contribution in [0.25, 0.3) is 0 Å². The van der Waals surface area contributed by atoms with Gasteiger partial charge in [-0.05, 0) is 12.0 Å². The van der Waals surface area contributed by atoms with Crippen molar-refractivity contribution in [3.05, 3.63) is 35.9 Å². The zero-order chi connectivity index (χ0) is 9.15. The summed E-state index contributed by atoms with van der Waals surface area (Å²) in [6, 6.07) is 10.4. The second-order valence-corrected chi connectivity index (χ2v) is 3.65. The zero-order valence-electron chi connectivity index (χ0n) is 7.70. The number of hydrogen-bond donors (Lipinski definition) is 1. The van der Waals surface area contributed by atoms with Gasteiger partial charge in [-0.15, -0.1) is 0 Å². The van der Waals surface area contributed by atoms with Crippen molar-refractivity contribution in [2.45, 2.75) is 11.8 Å². The standard InChI is InChI=1S/C11H15NO/c12-8-11(6-7-13-9-11)10-4-2-1-3-5-10/h1-5H,6-9,12H2. The van der Waals surface area contributed by atoms with E-state index in [1.807, 2.05) is 6.07 Å². The van der Waals surface area contributed by atoms with Crippen LogP contribution in [0.3, 0.4) is 0 Å². The number of nitrogens with two attached hydrogens (primary N) is 1. The average Bonchev–Trinajstić information content (AvgIpc) is 2.69. The third-order valence-corrected chi connectivity index (χ3v) is 2.88. The third kappa shape index (κ3) is 1.47. The Labute approximate surface area is 78.7 Å². The highest BCUT2D eigenvalue weighted by atomic mass is 16.5. The summed E-state index contributed by atoms with van der Waals surface area (Å²) in [4.78, 5) is 0. The van der Waals surface area contributed by atoms with E-state index in [1.165, 1.54) is 5.56 Å². The van der Waals surface area contributed by atoms with Gasteiger partial charge in [0.05, 0.1) is 6.61 Å². The van der Waals surface area contributed by atoms with Gasteiger partial charge in [-0.25, -0.2) is 0 Å². The molecule has 1 aromatic carbocycles. The Morgan fingerprint density at radius 1 is 1.31 bits per heavy atom. The van der Waals surface area contributed by atoms with Crippen molar-refractivity contribution in [3.63, 3.8) is 0 Å². The molecule has 1 fully saturated rings. The lowest BCUT2D eigenvalue weighted by molar-refractivity contribution is 0.178. The van der Waals surface area contributed by atoms with E-state index < -0.39 is 0 Å². The largest absolute Gasteiger partial charge is 0.380 e. The Morgan fingerprint density at radius 2 is 2.08 bits per heavy atom. The number of benzene rings is 1. The normalized spacial score (nSPS) is 27.8. The lowest BCUT2D eigenvalue weighted by atomic mass is 9.80. The first-order valence-electron chi connectivity index (χ1n) is 4.71. The van der Waals surface area contributed by atoms with Gasteiger partial charge < -0.3 is 10.5 Å². The van der Waals surface area contributed by atoms with Gasteiger partial charge in [0.15, 0.2) is 0 Å². The van der Waals surface area contributed by atoms with Gasteiger partial charge in [-0.1, -0.05) is 30.3 Å². The Bertz CT molecular complexity index is 265. The van der Waals surface area contributed by atoms with Crippen molar-refractivity contribution in [2.24, 2.45) is 5.73 Å². The molecule has 1 saturated heterocycles. The molecular weight excluding hydrogens is 162 g/mol.